The lowest BCUT2D eigenvalue weighted by atomic mass is 10.0. The number of aromatic nitrogens is 5. The first-order chi connectivity index (χ1) is 11.5. The van der Waals surface area contributed by atoms with E-state index in [0.29, 0.717) is 22.2 Å². The van der Waals surface area contributed by atoms with Gasteiger partial charge in [0.25, 0.3) is 5.56 Å². The molecule has 2 aromatic heterocycles. The molecule has 0 aliphatic heterocycles. The second kappa shape index (κ2) is 6.57. The summed E-state index contributed by atoms with van der Waals surface area (Å²) >= 11 is 6.40. The van der Waals surface area contributed by atoms with Crippen molar-refractivity contribution in [1.82, 2.24) is 25.0 Å². The van der Waals surface area contributed by atoms with Gasteiger partial charge < -0.3 is 4.98 Å². The van der Waals surface area contributed by atoms with Crippen LogP contribution in [0.25, 0.3) is 11.4 Å². The highest BCUT2D eigenvalue weighted by Crippen LogP contribution is 2.27. The Morgan fingerprint density at radius 2 is 2.08 bits per heavy atom. The number of rotatable bonds is 4. The van der Waals surface area contributed by atoms with Crippen LogP contribution in [0.4, 0.5) is 0 Å². The average molecular weight is 344 g/mol. The van der Waals surface area contributed by atoms with Gasteiger partial charge in [-0.25, -0.2) is 9.67 Å². The van der Waals surface area contributed by atoms with Crippen molar-refractivity contribution in [3.05, 3.63) is 62.8 Å². The third kappa shape index (κ3) is 3.23. The van der Waals surface area contributed by atoms with Crippen LogP contribution in [0.2, 0.25) is 5.02 Å². The van der Waals surface area contributed by atoms with Crippen molar-refractivity contribution in [3.8, 4) is 11.4 Å². The third-order valence-electron chi connectivity index (χ3n) is 3.95. The Morgan fingerprint density at radius 3 is 2.75 bits per heavy atom. The summed E-state index contributed by atoms with van der Waals surface area (Å²) in [6, 6.07) is 7.40. The summed E-state index contributed by atoms with van der Waals surface area (Å²) in [5.41, 5.74) is 3.01. The summed E-state index contributed by atoms with van der Waals surface area (Å²) in [5.74, 6) is 0.540. The number of benzene rings is 1. The van der Waals surface area contributed by atoms with Crippen LogP contribution in [0.1, 0.15) is 36.8 Å². The molecule has 0 saturated carbocycles. The summed E-state index contributed by atoms with van der Waals surface area (Å²) in [6.45, 7) is 5.82. The van der Waals surface area contributed by atoms with E-state index < -0.39 is 0 Å². The van der Waals surface area contributed by atoms with Crippen LogP contribution in [-0.4, -0.2) is 25.0 Å². The SMILES string of the molecule is CCc1ccc([C@@H](C)n2cc(-c3cc(=O)[nH]c(C)n3)nn2)c(Cl)c1. The van der Waals surface area contributed by atoms with Gasteiger partial charge in [-0.15, -0.1) is 5.10 Å². The van der Waals surface area contributed by atoms with Gasteiger partial charge in [-0.2, -0.15) is 0 Å². The summed E-state index contributed by atoms with van der Waals surface area (Å²) < 4.78 is 1.72. The number of aryl methyl sites for hydroxylation is 2. The van der Waals surface area contributed by atoms with Gasteiger partial charge in [0.05, 0.1) is 17.9 Å². The molecule has 0 saturated heterocycles. The lowest BCUT2D eigenvalue weighted by molar-refractivity contribution is 0.543. The van der Waals surface area contributed by atoms with Crippen molar-refractivity contribution in [1.29, 1.82) is 0 Å². The molecule has 3 aromatic rings. The topological polar surface area (TPSA) is 76.5 Å². The predicted molar refractivity (Wildman–Crippen MR) is 93.3 cm³/mol. The average Bonchev–Trinajstić information content (AvgIpc) is 3.03. The molecular weight excluding hydrogens is 326 g/mol. The Balaban J connectivity index is 1.94. The first kappa shape index (κ1) is 16.4. The molecule has 124 valence electrons. The molecule has 0 fully saturated rings. The van der Waals surface area contributed by atoms with E-state index in [2.05, 4.69) is 33.3 Å². The second-order valence-electron chi connectivity index (χ2n) is 5.69. The molecule has 1 atom stereocenters. The zero-order valence-electron chi connectivity index (χ0n) is 13.7. The molecule has 2 heterocycles. The molecule has 1 N–H and O–H groups in total. The van der Waals surface area contributed by atoms with E-state index in [-0.39, 0.29) is 11.6 Å². The fraction of sp³-hybridized carbons (Fsp3) is 0.294. The Kier molecular flexibility index (Phi) is 4.49. The zero-order valence-corrected chi connectivity index (χ0v) is 14.5. The first-order valence-electron chi connectivity index (χ1n) is 7.76. The number of hydrogen-bond acceptors (Lipinski definition) is 4. The molecule has 0 spiro atoms. The number of nitrogens with zero attached hydrogens (tertiary/aromatic N) is 4. The molecule has 0 aliphatic carbocycles. The minimum absolute atomic E-state index is 0.0762. The molecule has 1 aromatic carbocycles. The Labute approximate surface area is 144 Å². The van der Waals surface area contributed by atoms with Gasteiger partial charge >= 0.3 is 0 Å². The van der Waals surface area contributed by atoms with Gasteiger partial charge in [-0.1, -0.05) is 35.9 Å². The van der Waals surface area contributed by atoms with Gasteiger partial charge in [0.2, 0.25) is 0 Å². The zero-order chi connectivity index (χ0) is 17.3. The van der Waals surface area contributed by atoms with Crippen LogP contribution < -0.4 is 5.56 Å². The van der Waals surface area contributed by atoms with Gasteiger partial charge in [-0.3, -0.25) is 4.79 Å². The molecule has 3 rings (SSSR count). The first-order valence-corrected chi connectivity index (χ1v) is 8.14. The van der Waals surface area contributed by atoms with E-state index in [1.807, 2.05) is 19.1 Å². The summed E-state index contributed by atoms with van der Waals surface area (Å²) in [5, 5.41) is 9.01. The predicted octanol–water partition coefficient (Wildman–Crippen LogP) is 3.16. The Morgan fingerprint density at radius 1 is 1.29 bits per heavy atom. The minimum Gasteiger partial charge on any atom is -0.311 e. The lowest BCUT2D eigenvalue weighted by Gasteiger charge is -2.14. The molecule has 6 nitrogen and oxygen atoms in total. The highest BCUT2D eigenvalue weighted by atomic mass is 35.5. The molecule has 24 heavy (non-hydrogen) atoms. The molecule has 7 heteroatoms. The van der Waals surface area contributed by atoms with Crippen LogP contribution in [0.15, 0.2) is 35.3 Å². The van der Waals surface area contributed by atoms with E-state index in [1.54, 1.807) is 17.8 Å². The third-order valence-corrected chi connectivity index (χ3v) is 4.28. The van der Waals surface area contributed by atoms with Gasteiger partial charge in [-0.05, 0) is 37.5 Å². The molecule has 0 unspecified atom stereocenters. The van der Waals surface area contributed by atoms with Crippen LogP contribution in [-0.2, 0) is 6.42 Å². The van der Waals surface area contributed by atoms with Gasteiger partial charge in [0.1, 0.15) is 11.5 Å². The normalized spacial score (nSPS) is 12.3. The highest BCUT2D eigenvalue weighted by Gasteiger charge is 2.15. The fourth-order valence-corrected chi connectivity index (χ4v) is 2.93. The van der Waals surface area contributed by atoms with E-state index in [4.69, 9.17) is 11.6 Å². The largest absolute Gasteiger partial charge is 0.311 e. The maximum absolute atomic E-state index is 11.6. The minimum atomic E-state index is -0.210. The van der Waals surface area contributed by atoms with Crippen LogP contribution >= 0.6 is 11.6 Å². The van der Waals surface area contributed by atoms with E-state index in [1.165, 1.54) is 11.6 Å². The van der Waals surface area contributed by atoms with Crippen molar-refractivity contribution in [2.24, 2.45) is 0 Å². The van der Waals surface area contributed by atoms with Crippen molar-refractivity contribution >= 4 is 11.6 Å². The van der Waals surface area contributed by atoms with Crippen LogP contribution in [0.3, 0.4) is 0 Å². The maximum atomic E-state index is 11.6. The number of nitrogens with one attached hydrogen (secondary N) is 1. The van der Waals surface area contributed by atoms with Gasteiger partial charge in [0.15, 0.2) is 0 Å². The van der Waals surface area contributed by atoms with Crippen molar-refractivity contribution in [3.63, 3.8) is 0 Å². The van der Waals surface area contributed by atoms with E-state index >= 15 is 0 Å². The highest BCUT2D eigenvalue weighted by molar-refractivity contribution is 6.31. The summed E-state index contributed by atoms with van der Waals surface area (Å²) in [6.07, 6.45) is 2.71. The van der Waals surface area contributed by atoms with Crippen molar-refractivity contribution < 1.29 is 0 Å². The number of halogens is 1. The Bertz CT molecular complexity index is 931. The Hall–Kier alpha value is -2.47. The van der Waals surface area contributed by atoms with Crippen molar-refractivity contribution in [2.75, 3.05) is 0 Å². The number of hydrogen-bond donors (Lipinski definition) is 1. The van der Waals surface area contributed by atoms with Crippen LogP contribution in [0.5, 0.6) is 0 Å². The standard InChI is InChI=1S/C17H18ClN5O/c1-4-12-5-6-13(14(18)7-12)10(2)23-9-16(21-22-23)15-8-17(24)20-11(3)19-15/h5-10H,4H2,1-3H3,(H,19,20,24)/t10-/m1/s1. The molecular formula is C17H18ClN5O. The molecule has 0 amide bonds. The molecule has 0 aliphatic rings. The monoisotopic (exact) mass is 343 g/mol. The number of H-pyrrole nitrogens is 1. The summed E-state index contributed by atoms with van der Waals surface area (Å²) in [4.78, 5) is 18.5. The van der Waals surface area contributed by atoms with Gasteiger partial charge in [0, 0.05) is 11.1 Å². The molecule has 0 bridgehead atoms. The van der Waals surface area contributed by atoms with Crippen LogP contribution in [0, 0.1) is 6.92 Å². The summed E-state index contributed by atoms with van der Waals surface area (Å²) in [7, 11) is 0. The molecule has 0 radical (unpaired) electrons. The van der Waals surface area contributed by atoms with Crippen molar-refractivity contribution in [2.45, 2.75) is 33.2 Å². The maximum Gasteiger partial charge on any atom is 0.251 e. The smallest absolute Gasteiger partial charge is 0.251 e. The fourth-order valence-electron chi connectivity index (χ4n) is 2.57. The van der Waals surface area contributed by atoms with E-state index in [0.717, 1.165) is 12.0 Å². The lowest BCUT2D eigenvalue weighted by Crippen LogP contribution is -2.09. The van der Waals surface area contributed by atoms with E-state index in [9.17, 15) is 4.79 Å². The quantitative estimate of drug-likeness (QED) is 0.789. The number of aromatic amines is 1. The second-order valence-corrected chi connectivity index (χ2v) is 6.09.